The van der Waals surface area contributed by atoms with E-state index in [0.717, 1.165) is 5.56 Å². The first kappa shape index (κ1) is 20.0. The van der Waals surface area contributed by atoms with Crippen LogP contribution in [0.1, 0.15) is 11.1 Å². The number of hydrogen-bond acceptors (Lipinski definition) is 5. The van der Waals surface area contributed by atoms with Crippen LogP contribution in [0.5, 0.6) is 11.5 Å². The Balaban J connectivity index is 2.20. The molecule has 0 aliphatic heterocycles. The number of benzene rings is 2. The van der Waals surface area contributed by atoms with Crippen molar-refractivity contribution in [2.45, 2.75) is 11.8 Å². The predicted molar refractivity (Wildman–Crippen MR) is 106 cm³/mol. The third-order valence-electron chi connectivity index (χ3n) is 3.31. The summed E-state index contributed by atoms with van der Waals surface area (Å²) in [6.07, 6.45) is 1.36. The first-order valence-electron chi connectivity index (χ1n) is 7.57. The third kappa shape index (κ3) is 5.60. The zero-order valence-corrected chi connectivity index (χ0v) is 16.8. The number of hydrogen-bond donors (Lipinski definition) is 1. The molecule has 0 spiro atoms. The van der Waals surface area contributed by atoms with Crippen molar-refractivity contribution in [3.63, 3.8) is 0 Å². The van der Waals surface area contributed by atoms with E-state index in [0.29, 0.717) is 21.5 Å². The fourth-order valence-electron chi connectivity index (χ4n) is 1.98. The number of ether oxygens (including phenoxy) is 2. The van der Waals surface area contributed by atoms with Crippen molar-refractivity contribution in [2.24, 2.45) is 5.10 Å². The Labute approximate surface area is 161 Å². The van der Waals surface area contributed by atoms with E-state index in [2.05, 4.69) is 32.4 Å². The topological polar surface area (TPSA) is 77.0 Å². The fourth-order valence-corrected chi connectivity index (χ4v) is 2.88. The van der Waals surface area contributed by atoms with Crippen LogP contribution in [-0.2, 0) is 10.0 Å². The Morgan fingerprint density at radius 1 is 1.27 bits per heavy atom. The maximum atomic E-state index is 12.3. The minimum Gasteiger partial charge on any atom is -0.497 e. The van der Waals surface area contributed by atoms with E-state index >= 15 is 0 Å². The van der Waals surface area contributed by atoms with Gasteiger partial charge in [-0.2, -0.15) is 13.5 Å². The Morgan fingerprint density at radius 3 is 2.58 bits per heavy atom. The molecule has 0 amide bonds. The van der Waals surface area contributed by atoms with Gasteiger partial charge < -0.3 is 9.47 Å². The molecular formula is C18H19BrN2O4S. The number of aryl methyl sites for hydroxylation is 1. The molecule has 0 heterocycles. The smallest absolute Gasteiger partial charge is 0.276 e. The van der Waals surface area contributed by atoms with Gasteiger partial charge in [0.15, 0.2) is 0 Å². The van der Waals surface area contributed by atoms with Crippen LogP contribution < -0.4 is 14.3 Å². The molecule has 0 unspecified atom stereocenters. The van der Waals surface area contributed by atoms with Crippen LogP contribution in [0.4, 0.5) is 0 Å². The van der Waals surface area contributed by atoms with Gasteiger partial charge >= 0.3 is 0 Å². The molecule has 0 saturated heterocycles. The zero-order valence-electron chi connectivity index (χ0n) is 14.4. The third-order valence-corrected chi connectivity index (χ3v) is 4.78. The van der Waals surface area contributed by atoms with E-state index in [1.807, 2.05) is 6.92 Å². The highest BCUT2D eigenvalue weighted by Crippen LogP contribution is 2.23. The zero-order chi connectivity index (χ0) is 19.2. The largest absolute Gasteiger partial charge is 0.497 e. The molecule has 2 rings (SSSR count). The van der Waals surface area contributed by atoms with Crippen molar-refractivity contribution in [1.29, 1.82) is 0 Å². The van der Waals surface area contributed by atoms with Gasteiger partial charge in [-0.15, -0.1) is 0 Å². The summed E-state index contributed by atoms with van der Waals surface area (Å²) in [4.78, 5) is 2.33. The molecule has 0 atom stereocenters. The second kappa shape index (κ2) is 8.86. The van der Waals surface area contributed by atoms with Gasteiger partial charge in [0.1, 0.15) is 18.1 Å². The number of hydrazone groups is 1. The average molecular weight is 439 g/mol. The molecule has 138 valence electrons. The van der Waals surface area contributed by atoms with Crippen LogP contribution in [0.2, 0.25) is 0 Å². The van der Waals surface area contributed by atoms with Crippen molar-refractivity contribution >= 4 is 32.2 Å². The molecule has 0 fully saturated rings. The molecule has 2 aromatic carbocycles. The van der Waals surface area contributed by atoms with Crippen molar-refractivity contribution in [1.82, 2.24) is 4.83 Å². The summed E-state index contributed by atoms with van der Waals surface area (Å²) in [7, 11) is -2.20. The van der Waals surface area contributed by atoms with Crippen LogP contribution in [0, 0.1) is 6.92 Å². The summed E-state index contributed by atoms with van der Waals surface area (Å²) in [6.45, 7) is 5.86. The second-order valence-electron chi connectivity index (χ2n) is 5.38. The molecule has 0 bridgehead atoms. The van der Waals surface area contributed by atoms with Crippen molar-refractivity contribution < 1.29 is 17.9 Å². The first-order valence-corrected chi connectivity index (χ1v) is 9.85. The number of methoxy groups -OCH3 is 1. The van der Waals surface area contributed by atoms with Crippen LogP contribution in [0.3, 0.4) is 0 Å². The number of rotatable bonds is 8. The van der Waals surface area contributed by atoms with E-state index in [1.165, 1.54) is 25.5 Å². The summed E-state index contributed by atoms with van der Waals surface area (Å²) in [5.41, 5.74) is 1.53. The van der Waals surface area contributed by atoms with Crippen molar-refractivity contribution in [3.8, 4) is 11.5 Å². The second-order valence-corrected chi connectivity index (χ2v) is 8.16. The van der Waals surface area contributed by atoms with Gasteiger partial charge in [-0.25, -0.2) is 4.83 Å². The SMILES string of the molecule is C=C(Br)COc1ccc(OC)cc1/C=N/NS(=O)(=O)c1ccc(C)cc1. The van der Waals surface area contributed by atoms with Crippen LogP contribution in [0.15, 0.2) is 63.5 Å². The van der Waals surface area contributed by atoms with Gasteiger partial charge in [0.05, 0.1) is 18.2 Å². The monoisotopic (exact) mass is 438 g/mol. The molecule has 0 aliphatic rings. The molecular weight excluding hydrogens is 420 g/mol. The minimum atomic E-state index is -3.74. The quantitative estimate of drug-likeness (QED) is 0.504. The number of nitrogens with one attached hydrogen (secondary N) is 1. The van der Waals surface area contributed by atoms with Crippen molar-refractivity contribution in [3.05, 3.63) is 64.7 Å². The minimum absolute atomic E-state index is 0.137. The molecule has 0 saturated carbocycles. The molecule has 8 heteroatoms. The van der Waals surface area contributed by atoms with E-state index < -0.39 is 10.0 Å². The van der Waals surface area contributed by atoms with Gasteiger partial charge in [0.2, 0.25) is 0 Å². The van der Waals surface area contributed by atoms with Crippen LogP contribution in [-0.4, -0.2) is 28.3 Å². The molecule has 0 aliphatic carbocycles. The first-order chi connectivity index (χ1) is 12.3. The Bertz CT molecular complexity index is 909. The van der Waals surface area contributed by atoms with Gasteiger partial charge in [-0.1, -0.05) is 40.2 Å². The summed E-state index contributed by atoms with van der Waals surface area (Å²) < 4.78 is 36.0. The Hall–Kier alpha value is -2.32. The maximum Gasteiger partial charge on any atom is 0.276 e. The Morgan fingerprint density at radius 2 is 1.96 bits per heavy atom. The van der Waals surface area contributed by atoms with Crippen molar-refractivity contribution in [2.75, 3.05) is 13.7 Å². The number of halogens is 1. The van der Waals surface area contributed by atoms with E-state index in [1.54, 1.807) is 30.3 Å². The van der Waals surface area contributed by atoms with E-state index in [9.17, 15) is 8.42 Å². The fraction of sp³-hybridized carbons (Fsp3) is 0.167. The summed E-state index contributed by atoms with van der Waals surface area (Å²) in [5, 5.41) is 3.84. The van der Waals surface area contributed by atoms with Gasteiger partial charge in [-0.05, 0) is 37.3 Å². The lowest BCUT2D eigenvalue weighted by Gasteiger charge is -2.10. The highest BCUT2D eigenvalue weighted by Gasteiger charge is 2.12. The van der Waals surface area contributed by atoms with Gasteiger partial charge in [-0.3, -0.25) is 0 Å². The number of nitrogens with zero attached hydrogens (tertiary/aromatic N) is 1. The van der Waals surface area contributed by atoms with E-state index in [-0.39, 0.29) is 11.5 Å². The van der Waals surface area contributed by atoms with Gasteiger partial charge in [0.25, 0.3) is 10.0 Å². The highest BCUT2D eigenvalue weighted by molar-refractivity contribution is 9.11. The van der Waals surface area contributed by atoms with Gasteiger partial charge in [0, 0.05) is 10.0 Å². The molecule has 0 aromatic heterocycles. The lowest BCUT2D eigenvalue weighted by Crippen LogP contribution is -2.18. The molecule has 6 nitrogen and oxygen atoms in total. The predicted octanol–water partition coefficient (Wildman–Crippen LogP) is 3.60. The molecule has 0 radical (unpaired) electrons. The molecule has 26 heavy (non-hydrogen) atoms. The summed E-state index contributed by atoms with van der Waals surface area (Å²) in [6, 6.07) is 11.6. The van der Waals surface area contributed by atoms with E-state index in [4.69, 9.17) is 9.47 Å². The highest BCUT2D eigenvalue weighted by atomic mass is 79.9. The standard InChI is InChI=1S/C18H19BrN2O4S/c1-13-4-7-17(8-5-13)26(22,23)21-20-11-15-10-16(24-3)6-9-18(15)25-12-14(2)19/h4-11,21H,2,12H2,1,3H3/b20-11+. The molecule has 1 N–H and O–H groups in total. The summed E-state index contributed by atoms with van der Waals surface area (Å²) in [5.74, 6) is 1.11. The average Bonchev–Trinajstić information content (AvgIpc) is 2.60. The summed E-state index contributed by atoms with van der Waals surface area (Å²) >= 11 is 3.22. The van der Waals surface area contributed by atoms with Crippen LogP contribution in [0.25, 0.3) is 0 Å². The Kier molecular flexibility index (Phi) is 6.82. The lowest BCUT2D eigenvalue weighted by atomic mass is 10.2. The maximum absolute atomic E-state index is 12.3. The molecule has 2 aromatic rings. The number of sulfonamides is 1. The normalized spacial score (nSPS) is 11.3. The van der Waals surface area contributed by atoms with Crippen LogP contribution >= 0.6 is 15.9 Å². The lowest BCUT2D eigenvalue weighted by molar-refractivity contribution is 0.358.